The molecule has 23 heavy (non-hydrogen) atoms. The highest BCUT2D eigenvalue weighted by atomic mass is 32.1. The normalized spacial score (nSPS) is 10.9. The third kappa shape index (κ3) is 3.37. The molecule has 0 saturated carbocycles. The maximum Gasteiger partial charge on any atom is 0.225 e. The highest BCUT2D eigenvalue weighted by Crippen LogP contribution is 2.25. The molecule has 0 atom stereocenters. The smallest absolute Gasteiger partial charge is 0.225 e. The van der Waals surface area contributed by atoms with E-state index in [0.29, 0.717) is 13.0 Å². The third-order valence-corrected chi connectivity index (χ3v) is 4.47. The minimum atomic E-state index is 0.0475. The average Bonchev–Trinajstić information content (AvgIpc) is 3.15. The van der Waals surface area contributed by atoms with E-state index in [1.165, 1.54) is 0 Å². The zero-order valence-corrected chi connectivity index (χ0v) is 14.0. The van der Waals surface area contributed by atoms with Gasteiger partial charge in [0.1, 0.15) is 5.75 Å². The van der Waals surface area contributed by atoms with E-state index in [1.54, 1.807) is 18.4 Å². The molecular formula is C17H19N3O2S. The minimum Gasteiger partial charge on any atom is -0.497 e. The van der Waals surface area contributed by atoms with Gasteiger partial charge in [0.05, 0.1) is 19.2 Å². The van der Waals surface area contributed by atoms with Crippen molar-refractivity contribution in [3.8, 4) is 17.0 Å². The number of rotatable bonds is 6. The van der Waals surface area contributed by atoms with Gasteiger partial charge in [-0.3, -0.25) is 9.20 Å². The first-order valence-corrected chi connectivity index (χ1v) is 8.46. The number of benzene rings is 1. The summed E-state index contributed by atoms with van der Waals surface area (Å²) in [5, 5.41) is 4.90. The first-order valence-electron chi connectivity index (χ1n) is 7.58. The van der Waals surface area contributed by atoms with Crippen molar-refractivity contribution < 1.29 is 9.53 Å². The number of carbonyl (C=O) groups is 1. The Morgan fingerprint density at radius 3 is 2.83 bits per heavy atom. The highest BCUT2D eigenvalue weighted by molar-refractivity contribution is 7.15. The van der Waals surface area contributed by atoms with Crippen LogP contribution in [0.15, 0.2) is 35.8 Å². The summed E-state index contributed by atoms with van der Waals surface area (Å²) in [6, 6.07) is 7.81. The summed E-state index contributed by atoms with van der Waals surface area (Å²) in [4.78, 5) is 17.4. The van der Waals surface area contributed by atoms with Crippen LogP contribution in [0.25, 0.3) is 16.2 Å². The van der Waals surface area contributed by atoms with Gasteiger partial charge in [-0.25, -0.2) is 4.98 Å². The van der Waals surface area contributed by atoms with Crippen molar-refractivity contribution in [3.63, 3.8) is 0 Å². The summed E-state index contributed by atoms with van der Waals surface area (Å²) in [5.41, 5.74) is 2.89. The molecule has 1 amide bonds. The quantitative estimate of drug-likeness (QED) is 0.756. The zero-order chi connectivity index (χ0) is 16.2. The van der Waals surface area contributed by atoms with Gasteiger partial charge in [0, 0.05) is 29.4 Å². The van der Waals surface area contributed by atoms with Gasteiger partial charge in [0.2, 0.25) is 5.91 Å². The van der Waals surface area contributed by atoms with Crippen LogP contribution in [0.3, 0.4) is 0 Å². The fourth-order valence-corrected chi connectivity index (χ4v) is 3.22. The fourth-order valence-electron chi connectivity index (χ4n) is 2.35. The van der Waals surface area contributed by atoms with Crippen LogP contribution in [-0.2, 0) is 11.2 Å². The summed E-state index contributed by atoms with van der Waals surface area (Å²) >= 11 is 1.55. The molecule has 120 valence electrons. The van der Waals surface area contributed by atoms with E-state index < -0.39 is 0 Å². The molecule has 0 aliphatic rings. The fraction of sp³-hybridized carbons (Fsp3) is 0.294. The summed E-state index contributed by atoms with van der Waals surface area (Å²) in [6.45, 7) is 2.76. The molecule has 0 spiro atoms. The summed E-state index contributed by atoms with van der Waals surface area (Å²) in [5.74, 6) is 0.870. The molecule has 6 heteroatoms. The van der Waals surface area contributed by atoms with E-state index in [0.717, 1.165) is 34.1 Å². The van der Waals surface area contributed by atoms with Crippen LogP contribution in [0, 0.1) is 0 Å². The lowest BCUT2D eigenvalue weighted by Gasteiger charge is -2.02. The van der Waals surface area contributed by atoms with Crippen molar-refractivity contribution in [2.45, 2.75) is 19.8 Å². The van der Waals surface area contributed by atoms with Gasteiger partial charge in [-0.05, 0) is 30.7 Å². The number of imidazole rings is 1. The number of aromatic nitrogens is 2. The van der Waals surface area contributed by atoms with Crippen LogP contribution in [0.5, 0.6) is 5.75 Å². The van der Waals surface area contributed by atoms with Crippen molar-refractivity contribution in [3.05, 3.63) is 41.5 Å². The number of fused-ring (bicyclic) bond motifs is 1. The third-order valence-electron chi connectivity index (χ3n) is 3.58. The number of amides is 1. The van der Waals surface area contributed by atoms with Crippen molar-refractivity contribution in [2.75, 3.05) is 13.7 Å². The molecule has 0 aliphatic carbocycles. The van der Waals surface area contributed by atoms with Crippen molar-refractivity contribution in [2.24, 2.45) is 0 Å². The van der Waals surface area contributed by atoms with Gasteiger partial charge in [0.25, 0.3) is 0 Å². The molecule has 0 fully saturated rings. The largest absolute Gasteiger partial charge is 0.497 e. The van der Waals surface area contributed by atoms with Crippen LogP contribution in [0.2, 0.25) is 0 Å². The van der Waals surface area contributed by atoms with Gasteiger partial charge >= 0.3 is 0 Å². The van der Waals surface area contributed by atoms with Crippen LogP contribution in [0.1, 0.15) is 19.0 Å². The van der Waals surface area contributed by atoms with E-state index >= 15 is 0 Å². The zero-order valence-electron chi connectivity index (χ0n) is 13.2. The predicted molar refractivity (Wildman–Crippen MR) is 92.1 cm³/mol. The number of methoxy groups -OCH3 is 1. The SMILES string of the molecule is CCCNC(=O)Cc1csc2nc(-c3ccc(OC)cc3)cn12. The number of hydrogen-bond donors (Lipinski definition) is 1. The minimum absolute atomic E-state index is 0.0475. The Morgan fingerprint density at radius 2 is 2.13 bits per heavy atom. The number of hydrogen-bond acceptors (Lipinski definition) is 4. The number of thiazole rings is 1. The van der Waals surface area contributed by atoms with Crippen LogP contribution in [0.4, 0.5) is 0 Å². The maximum atomic E-state index is 11.9. The average molecular weight is 329 g/mol. The molecular weight excluding hydrogens is 310 g/mol. The van der Waals surface area contributed by atoms with E-state index in [4.69, 9.17) is 4.74 Å². The molecule has 0 bridgehead atoms. The second-order valence-corrected chi connectivity index (χ2v) is 6.10. The van der Waals surface area contributed by atoms with Gasteiger partial charge in [0.15, 0.2) is 4.96 Å². The molecule has 3 aromatic rings. The Labute approximate surface area is 138 Å². The lowest BCUT2D eigenvalue weighted by molar-refractivity contribution is -0.120. The highest BCUT2D eigenvalue weighted by Gasteiger charge is 2.12. The molecule has 0 radical (unpaired) electrons. The number of nitrogens with zero attached hydrogens (tertiary/aromatic N) is 2. The number of nitrogens with one attached hydrogen (secondary N) is 1. The molecule has 1 N–H and O–H groups in total. The van der Waals surface area contributed by atoms with Gasteiger partial charge < -0.3 is 10.1 Å². The molecule has 5 nitrogen and oxygen atoms in total. The molecule has 2 heterocycles. The summed E-state index contributed by atoms with van der Waals surface area (Å²) < 4.78 is 7.17. The number of ether oxygens (including phenoxy) is 1. The van der Waals surface area contributed by atoms with E-state index in [-0.39, 0.29) is 5.91 Å². The Bertz CT molecular complexity index is 805. The molecule has 0 unspecified atom stereocenters. The monoisotopic (exact) mass is 329 g/mol. The molecule has 3 rings (SSSR count). The van der Waals surface area contributed by atoms with E-state index in [1.807, 2.05) is 47.2 Å². The molecule has 0 saturated heterocycles. The topological polar surface area (TPSA) is 55.6 Å². The maximum absolute atomic E-state index is 11.9. The Morgan fingerprint density at radius 1 is 1.35 bits per heavy atom. The molecule has 2 aromatic heterocycles. The number of carbonyl (C=O) groups excluding carboxylic acids is 1. The van der Waals surface area contributed by atoms with Crippen LogP contribution >= 0.6 is 11.3 Å². The van der Waals surface area contributed by atoms with Gasteiger partial charge in [-0.15, -0.1) is 11.3 Å². The van der Waals surface area contributed by atoms with Crippen molar-refractivity contribution >= 4 is 22.2 Å². The van der Waals surface area contributed by atoms with Gasteiger partial charge in [-0.1, -0.05) is 6.92 Å². The van der Waals surface area contributed by atoms with E-state index in [9.17, 15) is 4.79 Å². The molecule has 0 aliphatic heterocycles. The van der Waals surface area contributed by atoms with Gasteiger partial charge in [-0.2, -0.15) is 0 Å². The van der Waals surface area contributed by atoms with Crippen molar-refractivity contribution in [1.82, 2.24) is 14.7 Å². The van der Waals surface area contributed by atoms with Crippen molar-refractivity contribution in [1.29, 1.82) is 0 Å². The Kier molecular flexibility index (Phi) is 4.62. The van der Waals surface area contributed by atoms with E-state index in [2.05, 4.69) is 10.3 Å². The lowest BCUT2D eigenvalue weighted by Crippen LogP contribution is -2.26. The summed E-state index contributed by atoms with van der Waals surface area (Å²) in [6.07, 6.45) is 3.30. The summed E-state index contributed by atoms with van der Waals surface area (Å²) in [7, 11) is 1.65. The van der Waals surface area contributed by atoms with Crippen LogP contribution in [-0.4, -0.2) is 28.9 Å². The predicted octanol–water partition coefficient (Wildman–Crippen LogP) is 3.14. The standard InChI is InChI=1S/C17H19N3O2S/c1-3-8-18-16(21)9-13-11-23-17-19-15(10-20(13)17)12-4-6-14(22-2)7-5-12/h4-7,10-11H,3,8-9H2,1-2H3,(H,18,21). The first kappa shape index (κ1) is 15.6. The Balaban J connectivity index is 1.83. The van der Waals surface area contributed by atoms with Crippen LogP contribution < -0.4 is 10.1 Å². The second kappa shape index (κ2) is 6.83. The Hall–Kier alpha value is -2.34. The second-order valence-electron chi connectivity index (χ2n) is 5.26. The lowest BCUT2D eigenvalue weighted by atomic mass is 10.2. The first-order chi connectivity index (χ1) is 11.2. The molecule has 1 aromatic carbocycles.